The molecule has 2 amide bonds. The van der Waals surface area contributed by atoms with Gasteiger partial charge in [-0.2, -0.15) is 9.98 Å². The number of fused-ring (bicyclic) bond motifs is 1. The topological polar surface area (TPSA) is 77.0 Å². The molecule has 0 bridgehead atoms. The molecular formula is C10H11N3O2. The van der Waals surface area contributed by atoms with Gasteiger partial charge in [-0.15, -0.1) is 0 Å². The molecule has 1 aliphatic heterocycles. The summed E-state index contributed by atoms with van der Waals surface area (Å²) in [5.41, 5.74) is 6.22. The molecule has 5 heteroatoms. The van der Waals surface area contributed by atoms with E-state index < -0.39 is 6.03 Å². The van der Waals surface area contributed by atoms with E-state index in [2.05, 4.69) is 9.98 Å². The largest absolute Gasteiger partial charge is 0.491 e. The van der Waals surface area contributed by atoms with Crippen molar-refractivity contribution in [1.82, 2.24) is 0 Å². The van der Waals surface area contributed by atoms with E-state index in [0.717, 1.165) is 6.42 Å². The number of anilines is 1. The van der Waals surface area contributed by atoms with Gasteiger partial charge in [-0.3, -0.25) is 0 Å². The summed E-state index contributed by atoms with van der Waals surface area (Å²) in [5, 5.41) is 1.04. The fraction of sp³-hybridized carbons (Fsp3) is 0.300. The zero-order chi connectivity index (χ0) is 10.8. The Morgan fingerprint density at radius 1 is 1.33 bits per heavy atom. The van der Waals surface area contributed by atoms with Crippen molar-refractivity contribution in [2.24, 2.45) is 9.98 Å². The van der Waals surface area contributed by atoms with Crippen molar-refractivity contribution < 1.29 is 9.53 Å². The van der Waals surface area contributed by atoms with Crippen LogP contribution in [-0.4, -0.2) is 12.6 Å². The van der Waals surface area contributed by atoms with Gasteiger partial charge in [0.1, 0.15) is 5.75 Å². The van der Waals surface area contributed by atoms with Gasteiger partial charge in [-0.25, -0.2) is 4.79 Å². The van der Waals surface area contributed by atoms with Crippen LogP contribution in [0.15, 0.2) is 22.1 Å². The van der Waals surface area contributed by atoms with Crippen LogP contribution >= 0.6 is 0 Å². The number of carbonyl (C=O) groups excluding carboxylic acids is 1. The molecule has 1 aromatic rings. The van der Waals surface area contributed by atoms with E-state index in [1.807, 2.05) is 6.92 Å². The first kappa shape index (κ1) is 9.64. The number of nitrogen functional groups attached to an aromatic ring is 1. The summed E-state index contributed by atoms with van der Waals surface area (Å²) in [6.07, 6.45) is 0.900. The maximum atomic E-state index is 10.9. The summed E-state index contributed by atoms with van der Waals surface area (Å²) in [5.74, 6) is 0.559. The predicted molar refractivity (Wildman–Crippen MR) is 54.3 cm³/mol. The molecule has 0 unspecified atom stereocenters. The highest BCUT2D eigenvalue weighted by Crippen LogP contribution is 2.16. The lowest BCUT2D eigenvalue weighted by Gasteiger charge is -2.06. The summed E-state index contributed by atoms with van der Waals surface area (Å²) < 4.78 is 5.41. The number of ether oxygens (including phenoxy) is 1. The number of hydrogen-bond donors (Lipinski definition) is 1. The molecule has 1 aromatic carbocycles. The first-order chi connectivity index (χ1) is 7.20. The zero-order valence-electron chi connectivity index (χ0n) is 8.36. The maximum Gasteiger partial charge on any atom is 0.368 e. The van der Waals surface area contributed by atoms with Crippen LogP contribution in [0.5, 0.6) is 5.75 Å². The molecule has 0 radical (unpaired) electrons. The lowest BCUT2D eigenvalue weighted by atomic mass is 10.2. The van der Waals surface area contributed by atoms with Crippen molar-refractivity contribution in [3.63, 3.8) is 0 Å². The molecule has 0 fully saturated rings. The smallest absolute Gasteiger partial charge is 0.368 e. The van der Waals surface area contributed by atoms with E-state index in [9.17, 15) is 4.79 Å². The number of benzene rings is 1. The molecule has 0 spiro atoms. The van der Waals surface area contributed by atoms with Crippen molar-refractivity contribution in [1.29, 1.82) is 0 Å². The molecule has 78 valence electrons. The second-order valence-corrected chi connectivity index (χ2v) is 3.23. The third-order valence-electron chi connectivity index (χ3n) is 2.00. The SMILES string of the molecule is CCCOc1cc2c(cc1N)=NC(=O)N=2. The van der Waals surface area contributed by atoms with Crippen LogP contribution < -0.4 is 21.2 Å². The highest BCUT2D eigenvalue weighted by molar-refractivity contribution is 5.77. The minimum absolute atomic E-state index is 0.482. The molecule has 0 aliphatic carbocycles. The molecule has 0 aromatic heterocycles. The zero-order valence-corrected chi connectivity index (χ0v) is 8.36. The summed E-state index contributed by atoms with van der Waals surface area (Å²) in [6.45, 7) is 2.60. The highest BCUT2D eigenvalue weighted by atomic mass is 16.5. The van der Waals surface area contributed by atoms with Crippen LogP contribution in [-0.2, 0) is 0 Å². The van der Waals surface area contributed by atoms with E-state index >= 15 is 0 Å². The minimum Gasteiger partial charge on any atom is -0.491 e. The second kappa shape index (κ2) is 3.68. The van der Waals surface area contributed by atoms with Crippen LogP contribution in [0.25, 0.3) is 0 Å². The number of amides is 2. The number of hydrogen-bond acceptors (Lipinski definition) is 3. The molecular weight excluding hydrogens is 194 g/mol. The Balaban J connectivity index is 2.45. The summed E-state index contributed by atoms with van der Waals surface area (Å²) in [6, 6.07) is 2.76. The van der Waals surface area contributed by atoms with Crippen molar-refractivity contribution in [3.8, 4) is 5.75 Å². The Kier molecular flexibility index (Phi) is 2.37. The van der Waals surface area contributed by atoms with Gasteiger partial charge in [0.2, 0.25) is 0 Å². The second-order valence-electron chi connectivity index (χ2n) is 3.23. The van der Waals surface area contributed by atoms with Crippen molar-refractivity contribution in [2.75, 3.05) is 12.3 Å². The molecule has 5 nitrogen and oxygen atoms in total. The van der Waals surface area contributed by atoms with Gasteiger partial charge in [0.05, 0.1) is 23.0 Å². The highest BCUT2D eigenvalue weighted by Gasteiger charge is 2.08. The number of nitrogens with zero attached hydrogens (tertiary/aromatic N) is 2. The molecule has 0 saturated heterocycles. The predicted octanol–water partition coefficient (Wildman–Crippen LogP) is 0.430. The Bertz CT molecular complexity index is 522. The van der Waals surface area contributed by atoms with E-state index in [-0.39, 0.29) is 0 Å². The standard InChI is InChI=1S/C10H11N3O2/c1-2-3-15-9-5-8-7(4-6(9)11)12-10(14)13-8/h4-5H,2-3,11H2,1H3. The Hall–Kier alpha value is -1.91. The van der Waals surface area contributed by atoms with Gasteiger partial charge in [0.25, 0.3) is 0 Å². The maximum absolute atomic E-state index is 10.9. The molecule has 1 heterocycles. The average Bonchev–Trinajstić information content (AvgIpc) is 2.53. The van der Waals surface area contributed by atoms with Gasteiger partial charge in [-0.05, 0) is 12.5 Å². The van der Waals surface area contributed by atoms with Crippen molar-refractivity contribution in [3.05, 3.63) is 22.8 Å². The summed E-state index contributed by atoms with van der Waals surface area (Å²) >= 11 is 0. The van der Waals surface area contributed by atoms with Gasteiger partial charge in [0, 0.05) is 6.07 Å². The quantitative estimate of drug-likeness (QED) is 0.727. The number of urea groups is 1. The first-order valence-electron chi connectivity index (χ1n) is 4.74. The summed E-state index contributed by atoms with van der Waals surface area (Å²) in [4.78, 5) is 18.3. The van der Waals surface area contributed by atoms with Crippen molar-refractivity contribution >= 4 is 11.7 Å². The minimum atomic E-state index is -0.489. The van der Waals surface area contributed by atoms with E-state index in [0.29, 0.717) is 28.8 Å². The van der Waals surface area contributed by atoms with E-state index in [1.165, 1.54) is 0 Å². The Morgan fingerprint density at radius 3 is 2.67 bits per heavy atom. The van der Waals surface area contributed by atoms with Crippen LogP contribution in [0.4, 0.5) is 10.5 Å². The first-order valence-corrected chi connectivity index (χ1v) is 4.74. The molecule has 15 heavy (non-hydrogen) atoms. The molecule has 2 rings (SSSR count). The molecule has 0 saturated carbocycles. The molecule has 0 atom stereocenters. The van der Waals surface area contributed by atoms with Crippen LogP contribution in [0.1, 0.15) is 13.3 Å². The van der Waals surface area contributed by atoms with Crippen LogP contribution in [0.2, 0.25) is 0 Å². The number of rotatable bonds is 3. The van der Waals surface area contributed by atoms with E-state index in [4.69, 9.17) is 10.5 Å². The third-order valence-corrected chi connectivity index (χ3v) is 2.00. The van der Waals surface area contributed by atoms with Gasteiger partial charge < -0.3 is 10.5 Å². The number of carbonyl (C=O) groups is 1. The molecule has 2 N–H and O–H groups in total. The van der Waals surface area contributed by atoms with Gasteiger partial charge >= 0.3 is 6.03 Å². The lowest BCUT2D eigenvalue weighted by Crippen LogP contribution is -2.22. The van der Waals surface area contributed by atoms with E-state index in [1.54, 1.807) is 12.1 Å². The fourth-order valence-electron chi connectivity index (χ4n) is 1.32. The van der Waals surface area contributed by atoms with Crippen LogP contribution in [0.3, 0.4) is 0 Å². The van der Waals surface area contributed by atoms with Crippen molar-refractivity contribution in [2.45, 2.75) is 13.3 Å². The lowest BCUT2D eigenvalue weighted by molar-refractivity contribution is 0.256. The average molecular weight is 205 g/mol. The number of nitrogens with two attached hydrogens (primary N) is 1. The fourth-order valence-corrected chi connectivity index (χ4v) is 1.32. The third kappa shape index (κ3) is 1.81. The Labute approximate surface area is 86.3 Å². The monoisotopic (exact) mass is 205 g/mol. The van der Waals surface area contributed by atoms with Gasteiger partial charge in [-0.1, -0.05) is 6.92 Å². The summed E-state index contributed by atoms with van der Waals surface area (Å²) in [7, 11) is 0. The molecule has 1 aliphatic rings. The normalized spacial score (nSPS) is 13.0. The van der Waals surface area contributed by atoms with Crippen LogP contribution in [0, 0.1) is 0 Å². The Morgan fingerprint density at radius 2 is 2.00 bits per heavy atom. The van der Waals surface area contributed by atoms with Gasteiger partial charge in [0.15, 0.2) is 0 Å².